The molecule has 0 unspecified atom stereocenters. The number of para-hydroxylation sites is 1. The quantitative estimate of drug-likeness (QED) is 0.708. The molecule has 0 saturated carbocycles. The van der Waals surface area contributed by atoms with E-state index in [1.54, 1.807) is 10.8 Å². The van der Waals surface area contributed by atoms with Crippen LogP contribution < -0.4 is 0 Å². The molecule has 0 amide bonds. The summed E-state index contributed by atoms with van der Waals surface area (Å²) in [6, 6.07) is 19.9. The molecule has 92 valence electrons. The average Bonchev–Trinajstić information content (AvgIpc) is 2.93. The summed E-state index contributed by atoms with van der Waals surface area (Å²) in [6.45, 7) is 3.80. The van der Waals surface area contributed by atoms with Gasteiger partial charge in [0.05, 0.1) is 5.69 Å². The van der Waals surface area contributed by atoms with Gasteiger partial charge in [-0.05, 0) is 18.2 Å². The molecule has 0 atom stereocenters. The van der Waals surface area contributed by atoms with Crippen LogP contribution in [0, 0.1) is 0 Å². The van der Waals surface area contributed by atoms with E-state index in [-0.39, 0.29) is 0 Å². The number of benzene rings is 2. The summed E-state index contributed by atoms with van der Waals surface area (Å²) in [5, 5.41) is 4.56. The van der Waals surface area contributed by atoms with Crippen LogP contribution in [0.15, 0.2) is 67.2 Å². The van der Waals surface area contributed by atoms with Crippen molar-refractivity contribution in [2.75, 3.05) is 0 Å². The van der Waals surface area contributed by atoms with E-state index >= 15 is 0 Å². The van der Waals surface area contributed by atoms with Crippen LogP contribution >= 0.6 is 0 Å². The van der Waals surface area contributed by atoms with Gasteiger partial charge in [-0.2, -0.15) is 0 Å². The van der Waals surface area contributed by atoms with E-state index in [0.717, 1.165) is 17.1 Å². The molecule has 0 spiro atoms. The van der Waals surface area contributed by atoms with E-state index in [2.05, 4.69) is 16.7 Å². The molecule has 1 heterocycles. The molecule has 0 fully saturated rings. The molecule has 3 aromatic rings. The van der Waals surface area contributed by atoms with Crippen molar-refractivity contribution in [3.05, 3.63) is 73.1 Å². The molecule has 0 saturated heterocycles. The number of aromatic nitrogens is 3. The predicted molar refractivity (Wildman–Crippen MR) is 76.9 cm³/mol. The fourth-order valence-electron chi connectivity index (χ4n) is 1.92. The summed E-state index contributed by atoms with van der Waals surface area (Å²) in [6.07, 6.45) is 1.71. The van der Waals surface area contributed by atoms with Crippen LogP contribution in [0.5, 0.6) is 0 Å². The second kappa shape index (κ2) is 4.90. The third kappa shape index (κ3) is 2.18. The Labute approximate surface area is 111 Å². The van der Waals surface area contributed by atoms with Gasteiger partial charge in [-0.3, -0.25) is 0 Å². The number of hydrogen-bond acceptors (Lipinski definition) is 2. The lowest BCUT2D eigenvalue weighted by Gasteiger charge is -2.01. The van der Waals surface area contributed by atoms with Crippen molar-refractivity contribution in [3.8, 4) is 17.1 Å². The molecule has 0 bridgehead atoms. The van der Waals surface area contributed by atoms with Crippen molar-refractivity contribution < 1.29 is 0 Å². The lowest BCUT2D eigenvalue weighted by molar-refractivity contribution is 0.871. The fourth-order valence-corrected chi connectivity index (χ4v) is 1.92. The Balaban J connectivity index is 2.12. The van der Waals surface area contributed by atoms with Crippen LogP contribution in [0.3, 0.4) is 0 Å². The van der Waals surface area contributed by atoms with Gasteiger partial charge in [0.2, 0.25) is 0 Å². The SMILES string of the molecule is C=Cc1nc(-c2ccccc2)nn1-c1ccccc1. The van der Waals surface area contributed by atoms with Gasteiger partial charge in [-0.15, -0.1) is 5.10 Å². The van der Waals surface area contributed by atoms with Crippen LogP contribution in [-0.4, -0.2) is 14.8 Å². The minimum atomic E-state index is 0.708. The summed E-state index contributed by atoms with van der Waals surface area (Å²) in [7, 11) is 0. The highest BCUT2D eigenvalue weighted by atomic mass is 15.3. The monoisotopic (exact) mass is 247 g/mol. The Hall–Kier alpha value is -2.68. The molecule has 0 aliphatic carbocycles. The Morgan fingerprint density at radius 1 is 0.895 bits per heavy atom. The van der Waals surface area contributed by atoms with Gasteiger partial charge >= 0.3 is 0 Å². The number of rotatable bonds is 3. The van der Waals surface area contributed by atoms with E-state index < -0.39 is 0 Å². The van der Waals surface area contributed by atoms with Crippen LogP contribution in [0.1, 0.15) is 5.82 Å². The molecule has 0 aliphatic heterocycles. The molecule has 0 aliphatic rings. The summed E-state index contributed by atoms with van der Waals surface area (Å²) in [4.78, 5) is 4.51. The second-order valence-electron chi connectivity index (χ2n) is 4.11. The first-order valence-electron chi connectivity index (χ1n) is 6.09. The standard InChI is InChI=1S/C16H13N3/c1-2-15-17-16(13-9-5-3-6-10-13)18-19(15)14-11-7-4-8-12-14/h2-12H,1H2. The van der Waals surface area contributed by atoms with Crippen LogP contribution in [0.2, 0.25) is 0 Å². The molecule has 2 aromatic carbocycles. The van der Waals surface area contributed by atoms with Crippen molar-refractivity contribution in [2.24, 2.45) is 0 Å². The zero-order chi connectivity index (χ0) is 13.1. The number of hydrogen-bond donors (Lipinski definition) is 0. The smallest absolute Gasteiger partial charge is 0.182 e. The third-order valence-electron chi connectivity index (χ3n) is 2.85. The predicted octanol–water partition coefficient (Wildman–Crippen LogP) is 3.58. The third-order valence-corrected chi connectivity index (χ3v) is 2.85. The molecule has 0 radical (unpaired) electrons. The normalized spacial score (nSPS) is 10.3. The highest BCUT2D eigenvalue weighted by molar-refractivity contribution is 5.57. The summed E-state index contributed by atoms with van der Waals surface area (Å²) in [5.41, 5.74) is 1.98. The van der Waals surface area contributed by atoms with Gasteiger partial charge in [-0.1, -0.05) is 55.1 Å². The first kappa shape index (κ1) is 11.4. The maximum atomic E-state index is 4.56. The van der Waals surface area contributed by atoms with Crippen LogP contribution in [0.25, 0.3) is 23.2 Å². The lowest BCUT2D eigenvalue weighted by atomic mass is 10.2. The van der Waals surface area contributed by atoms with Crippen molar-refractivity contribution in [2.45, 2.75) is 0 Å². The topological polar surface area (TPSA) is 30.7 Å². The zero-order valence-electron chi connectivity index (χ0n) is 10.4. The van der Waals surface area contributed by atoms with E-state index in [9.17, 15) is 0 Å². The van der Waals surface area contributed by atoms with Gasteiger partial charge in [0.25, 0.3) is 0 Å². The average molecular weight is 247 g/mol. The van der Waals surface area contributed by atoms with Gasteiger partial charge < -0.3 is 0 Å². The molecule has 3 heteroatoms. The number of nitrogens with zero attached hydrogens (tertiary/aromatic N) is 3. The van der Waals surface area contributed by atoms with E-state index in [1.165, 1.54) is 0 Å². The summed E-state index contributed by atoms with van der Waals surface area (Å²) in [5.74, 6) is 1.45. The fraction of sp³-hybridized carbons (Fsp3) is 0. The molecular formula is C16H13N3. The molecule has 1 aromatic heterocycles. The largest absolute Gasteiger partial charge is 0.213 e. The van der Waals surface area contributed by atoms with E-state index in [0.29, 0.717) is 5.82 Å². The Kier molecular flexibility index (Phi) is 2.94. The van der Waals surface area contributed by atoms with Crippen molar-refractivity contribution in [3.63, 3.8) is 0 Å². The van der Waals surface area contributed by atoms with E-state index in [1.807, 2.05) is 60.7 Å². The van der Waals surface area contributed by atoms with Gasteiger partial charge in [0.15, 0.2) is 11.6 Å². The minimum Gasteiger partial charge on any atom is -0.213 e. The molecular weight excluding hydrogens is 234 g/mol. The lowest BCUT2D eigenvalue weighted by Crippen LogP contribution is -1.98. The Bertz CT molecular complexity index is 685. The van der Waals surface area contributed by atoms with Gasteiger partial charge in [-0.25, -0.2) is 9.67 Å². The van der Waals surface area contributed by atoms with Crippen LogP contribution in [0.4, 0.5) is 0 Å². The summed E-state index contributed by atoms with van der Waals surface area (Å²) < 4.78 is 1.80. The van der Waals surface area contributed by atoms with Crippen molar-refractivity contribution >= 4 is 6.08 Å². The van der Waals surface area contributed by atoms with Gasteiger partial charge in [0.1, 0.15) is 0 Å². The molecule has 3 rings (SSSR count). The maximum Gasteiger partial charge on any atom is 0.182 e. The van der Waals surface area contributed by atoms with E-state index in [4.69, 9.17) is 0 Å². The minimum absolute atomic E-state index is 0.708. The maximum absolute atomic E-state index is 4.56. The molecule has 19 heavy (non-hydrogen) atoms. The molecule has 3 nitrogen and oxygen atoms in total. The van der Waals surface area contributed by atoms with Gasteiger partial charge in [0, 0.05) is 5.56 Å². The highest BCUT2D eigenvalue weighted by Gasteiger charge is 2.10. The first-order chi connectivity index (χ1) is 9.38. The van der Waals surface area contributed by atoms with Crippen molar-refractivity contribution in [1.29, 1.82) is 0 Å². The first-order valence-corrected chi connectivity index (χ1v) is 6.09. The Morgan fingerprint density at radius 2 is 1.53 bits per heavy atom. The van der Waals surface area contributed by atoms with Crippen molar-refractivity contribution in [1.82, 2.24) is 14.8 Å². The molecule has 0 N–H and O–H groups in total. The van der Waals surface area contributed by atoms with Crippen LogP contribution in [-0.2, 0) is 0 Å². The second-order valence-corrected chi connectivity index (χ2v) is 4.11. The highest BCUT2D eigenvalue weighted by Crippen LogP contribution is 2.18. The zero-order valence-corrected chi connectivity index (χ0v) is 10.4. The Morgan fingerprint density at radius 3 is 2.16 bits per heavy atom. The summed E-state index contributed by atoms with van der Waals surface area (Å²) >= 11 is 0.